The summed E-state index contributed by atoms with van der Waals surface area (Å²) in [6, 6.07) is 5.73. The van der Waals surface area contributed by atoms with Crippen LogP contribution in [-0.4, -0.2) is 73.8 Å². The molecule has 2 atom stereocenters. The molecule has 0 spiro atoms. The van der Waals surface area contributed by atoms with E-state index in [0.717, 1.165) is 38.2 Å². The van der Waals surface area contributed by atoms with Crippen molar-refractivity contribution in [3.05, 3.63) is 47.5 Å². The summed E-state index contributed by atoms with van der Waals surface area (Å²) in [5.41, 5.74) is 0.836. The zero-order valence-corrected chi connectivity index (χ0v) is 24.0. The predicted octanol–water partition coefficient (Wildman–Crippen LogP) is 3.71. The van der Waals surface area contributed by atoms with E-state index in [4.69, 9.17) is 0 Å². The van der Waals surface area contributed by atoms with Crippen molar-refractivity contribution in [2.75, 3.05) is 18.4 Å². The number of urea groups is 1. The van der Waals surface area contributed by atoms with Crippen LogP contribution in [0.3, 0.4) is 0 Å². The molecule has 1 saturated carbocycles. The fourth-order valence-corrected chi connectivity index (χ4v) is 5.60. The number of anilines is 1. The van der Waals surface area contributed by atoms with Crippen molar-refractivity contribution in [1.29, 1.82) is 0 Å². The molecule has 2 unspecified atom stereocenters. The quantitative estimate of drug-likeness (QED) is 0.464. The van der Waals surface area contributed by atoms with Crippen LogP contribution in [-0.2, 0) is 22.1 Å². The van der Waals surface area contributed by atoms with E-state index in [-0.39, 0.29) is 42.2 Å². The van der Waals surface area contributed by atoms with Gasteiger partial charge in [0.1, 0.15) is 11.5 Å². The average Bonchev–Trinajstić information content (AvgIpc) is 3.52. The third-order valence-electron chi connectivity index (χ3n) is 7.81. The second-order valence-corrected chi connectivity index (χ2v) is 11.9. The van der Waals surface area contributed by atoms with Crippen molar-refractivity contribution in [3.8, 4) is 0 Å². The summed E-state index contributed by atoms with van der Waals surface area (Å²) < 4.78 is 15.2. The number of carboxylic acids is 1. The lowest BCUT2D eigenvalue weighted by Crippen LogP contribution is -2.57. The molecule has 0 radical (unpaired) electrons. The van der Waals surface area contributed by atoms with Crippen LogP contribution in [0.1, 0.15) is 75.5 Å². The molecule has 11 nitrogen and oxygen atoms in total. The zero-order valence-electron chi connectivity index (χ0n) is 24.0. The van der Waals surface area contributed by atoms with Gasteiger partial charge in [0.05, 0.1) is 12.1 Å². The maximum Gasteiger partial charge on any atom is 0.323 e. The van der Waals surface area contributed by atoms with Gasteiger partial charge in [0.25, 0.3) is 11.8 Å². The second-order valence-electron chi connectivity index (χ2n) is 11.9. The summed E-state index contributed by atoms with van der Waals surface area (Å²) in [6.45, 7) is 6.03. The Morgan fingerprint density at radius 3 is 2.37 bits per heavy atom. The van der Waals surface area contributed by atoms with Crippen LogP contribution in [0.5, 0.6) is 0 Å². The first-order valence-corrected chi connectivity index (χ1v) is 14.1. The summed E-state index contributed by atoms with van der Waals surface area (Å²) in [7, 11) is 1.65. The fourth-order valence-electron chi connectivity index (χ4n) is 5.60. The highest BCUT2D eigenvalue weighted by molar-refractivity contribution is 6.00. The summed E-state index contributed by atoms with van der Waals surface area (Å²) >= 11 is 0. The summed E-state index contributed by atoms with van der Waals surface area (Å²) in [4.78, 5) is 55.3. The lowest BCUT2D eigenvalue weighted by molar-refractivity contribution is -0.138. The highest BCUT2D eigenvalue weighted by Crippen LogP contribution is 2.29. The van der Waals surface area contributed by atoms with Gasteiger partial charge in [-0.25, -0.2) is 9.18 Å². The highest BCUT2D eigenvalue weighted by atomic mass is 19.1. The van der Waals surface area contributed by atoms with Crippen molar-refractivity contribution in [1.82, 2.24) is 24.9 Å². The van der Waals surface area contributed by atoms with Crippen LogP contribution in [0.25, 0.3) is 0 Å². The minimum Gasteiger partial charge on any atom is -0.481 e. The molecule has 1 aromatic heterocycles. The van der Waals surface area contributed by atoms with E-state index in [1.165, 1.54) is 32.7 Å². The van der Waals surface area contributed by atoms with Crippen LogP contribution in [0.2, 0.25) is 0 Å². The Kier molecular flexibility index (Phi) is 8.98. The molecule has 41 heavy (non-hydrogen) atoms. The van der Waals surface area contributed by atoms with Gasteiger partial charge in [-0.15, -0.1) is 0 Å². The van der Waals surface area contributed by atoms with E-state index < -0.39 is 41.8 Å². The number of hydrogen-bond acceptors (Lipinski definition) is 5. The first-order valence-electron chi connectivity index (χ1n) is 14.1. The van der Waals surface area contributed by atoms with Gasteiger partial charge in [-0.1, -0.05) is 46.1 Å². The highest BCUT2D eigenvalue weighted by Gasteiger charge is 2.45. The maximum absolute atomic E-state index is 13.9. The van der Waals surface area contributed by atoms with E-state index in [1.807, 2.05) is 20.8 Å². The molecule has 2 heterocycles. The largest absolute Gasteiger partial charge is 0.481 e. The number of aliphatic carboxylic acids is 1. The van der Waals surface area contributed by atoms with Crippen LogP contribution < -0.4 is 10.6 Å². The standard InChI is InChI=1S/C29H39FN6O5/c1-29(2,3)23-17-22(34(4)33-23)27(40)35-13-14-36(28(41)31-20-12-8-11-19(30)15-20)26(35)25(39)32-21(16-24(37)38)18-9-6-5-7-10-18/h8,11-12,15,17-18,21,26H,5-7,9-10,13-14,16H2,1-4H3,(H,31,41)(H,32,39)(H,37,38). The molecule has 1 aromatic carbocycles. The molecule has 1 aliphatic carbocycles. The Hall–Kier alpha value is -3.96. The van der Waals surface area contributed by atoms with E-state index >= 15 is 0 Å². The molecule has 2 fully saturated rings. The number of aromatic nitrogens is 2. The summed E-state index contributed by atoms with van der Waals surface area (Å²) in [5.74, 6) is -2.71. The SMILES string of the molecule is Cn1nc(C(C)(C)C)cc1C(=O)N1CCN(C(=O)Nc2cccc(F)c2)C1C(=O)NC(CC(=O)O)C1CCCCC1. The molecule has 0 bridgehead atoms. The number of nitrogens with zero attached hydrogens (tertiary/aromatic N) is 4. The molecule has 4 amide bonds. The number of carboxylic acid groups (broad SMARTS) is 1. The van der Waals surface area contributed by atoms with Crippen molar-refractivity contribution in [2.24, 2.45) is 13.0 Å². The minimum atomic E-state index is -1.34. The number of amides is 4. The molecule has 2 aliphatic rings. The lowest BCUT2D eigenvalue weighted by atomic mass is 9.82. The Labute approximate surface area is 239 Å². The molecular weight excluding hydrogens is 531 g/mol. The van der Waals surface area contributed by atoms with Gasteiger partial charge in [0.15, 0.2) is 6.17 Å². The number of rotatable bonds is 7. The summed E-state index contributed by atoms with van der Waals surface area (Å²) in [5, 5.41) is 19.5. The topological polar surface area (TPSA) is 137 Å². The van der Waals surface area contributed by atoms with Crippen molar-refractivity contribution >= 4 is 29.5 Å². The number of hydrogen-bond donors (Lipinski definition) is 3. The molecule has 1 saturated heterocycles. The van der Waals surface area contributed by atoms with Crippen LogP contribution >= 0.6 is 0 Å². The molecule has 4 rings (SSSR count). The maximum atomic E-state index is 13.9. The van der Waals surface area contributed by atoms with E-state index in [0.29, 0.717) is 5.69 Å². The molecule has 12 heteroatoms. The Morgan fingerprint density at radius 1 is 1.07 bits per heavy atom. The van der Waals surface area contributed by atoms with Gasteiger partial charge in [-0.3, -0.25) is 24.0 Å². The van der Waals surface area contributed by atoms with Gasteiger partial charge in [0.2, 0.25) is 0 Å². The van der Waals surface area contributed by atoms with Gasteiger partial charge >= 0.3 is 12.0 Å². The molecular formula is C29H39FN6O5. The van der Waals surface area contributed by atoms with Crippen molar-refractivity contribution in [3.63, 3.8) is 0 Å². The number of carbonyl (C=O) groups is 4. The van der Waals surface area contributed by atoms with E-state index in [2.05, 4.69) is 15.7 Å². The number of halogens is 1. The van der Waals surface area contributed by atoms with Crippen molar-refractivity contribution < 1.29 is 28.7 Å². The number of aryl methyl sites for hydroxylation is 1. The Bertz CT molecular complexity index is 1300. The van der Waals surface area contributed by atoms with Crippen LogP contribution in [0, 0.1) is 11.7 Å². The van der Waals surface area contributed by atoms with Crippen LogP contribution in [0.15, 0.2) is 30.3 Å². The first-order chi connectivity index (χ1) is 19.3. The molecule has 3 N–H and O–H groups in total. The summed E-state index contributed by atoms with van der Waals surface area (Å²) in [6.07, 6.45) is 2.93. The normalized spacial score (nSPS) is 18.7. The number of nitrogens with one attached hydrogen (secondary N) is 2. The molecule has 2 aromatic rings. The van der Waals surface area contributed by atoms with Gasteiger partial charge < -0.3 is 20.6 Å². The number of benzene rings is 1. The fraction of sp³-hybridized carbons (Fsp3) is 0.552. The monoisotopic (exact) mass is 570 g/mol. The van der Waals surface area contributed by atoms with Gasteiger partial charge in [-0.2, -0.15) is 5.10 Å². The van der Waals surface area contributed by atoms with Crippen LogP contribution in [0.4, 0.5) is 14.9 Å². The van der Waals surface area contributed by atoms with E-state index in [9.17, 15) is 28.7 Å². The Balaban J connectivity index is 1.64. The lowest BCUT2D eigenvalue weighted by Gasteiger charge is -2.34. The third-order valence-corrected chi connectivity index (χ3v) is 7.81. The predicted molar refractivity (Wildman–Crippen MR) is 150 cm³/mol. The van der Waals surface area contributed by atoms with Crippen molar-refractivity contribution in [2.45, 2.75) is 76.9 Å². The molecule has 1 aliphatic heterocycles. The second kappa shape index (κ2) is 12.3. The Morgan fingerprint density at radius 2 is 1.76 bits per heavy atom. The minimum absolute atomic E-state index is 0.0182. The van der Waals surface area contributed by atoms with Gasteiger partial charge in [-0.05, 0) is 43.0 Å². The average molecular weight is 571 g/mol. The van der Waals surface area contributed by atoms with Gasteiger partial charge in [0, 0.05) is 37.3 Å². The smallest absolute Gasteiger partial charge is 0.323 e. The molecule has 222 valence electrons. The first kappa shape index (κ1) is 30.0. The zero-order chi connectivity index (χ0) is 29.9. The third kappa shape index (κ3) is 7.04. The van der Waals surface area contributed by atoms with E-state index in [1.54, 1.807) is 13.1 Å². The number of carbonyl (C=O) groups excluding carboxylic acids is 3.